The van der Waals surface area contributed by atoms with Gasteiger partial charge < -0.3 is 19.5 Å². The number of thiophene rings is 1. The van der Waals surface area contributed by atoms with Crippen LogP contribution in [0.2, 0.25) is 0 Å². The van der Waals surface area contributed by atoms with E-state index in [9.17, 15) is 4.79 Å². The minimum absolute atomic E-state index is 0.0282. The predicted octanol–water partition coefficient (Wildman–Crippen LogP) is 4.23. The Morgan fingerprint density at radius 3 is 2.56 bits per heavy atom. The van der Waals surface area contributed by atoms with E-state index in [4.69, 9.17) is 14.2 Å². The Labute approximate surface area is 194 Å². The highest BCUT2D eigenvalue weighted by molar-refractivity contribution is 7.14. The van der Waals surface area contributed by atoms with Gasteiger partial charge in [-0.1, -0.05) is 18.9 Å². The van der Waals surface area contributed by atoms with Gasteiger partial charge in [0.2, 0.25) is 0 Å². The molecular weight excluding hydrogens is 424 g/mol. The maximum absolute atomic E-state index is 13.1. The fourth-order valence-corrected chi connectivity index (χ4v) is 5.81. The molecule has 1 N–H and O–H groups in total. The summed E-state index contributed by atoms with van der Waals surface area (Å²) in [4.78, 5) is 17.7. The van der Waals surface area contributed by atoms with Crippen LogP contribution in [0.3, 0.4) is 0 Å². The lowest BCUT2D eigenvalue weighted by Gasteiger charge is -2.35. The second-order valence-electron chi connectivity index (χ2n) is 8.46. The Hall–Kier alpha value is -2.09. The summed E-state index contributed by atoms with van der Waals surface area (Å²) in [5, 5.41) is 3.22. The van der Waals surface area contributed by atoms with E-state index < -0.39 is 0 Å². The number of methoxy groups -OCH3 is 2. The zero-order valence-corrected chi connectivity index (χ0v) is 20.0. The van der Waals surface area contributed by atoms with Gasteiger partial charge in [0.1, 0.15) is 0 Å². The van der Waals surface area contributed by atoms with Crippen molar-refractivity contribution in [2.24, 2.45) is 0 Å². The number of fused-ring (bicyclic) bond motifs is 1. The molecule has 1 aliphatic carbocycles. The lowest BCUT2D eigenvalue weighted by atomic mass is 10.00. The van der Waals surface area contributed by atoms with Crippen molar-refractivity contribution in [2.75, 3.05) is 47.1 Å². The van der Waals surface area contributed by atoms with Crippen molar-refractivity contribution in [1.29, 1.82) is 0 Å². The van der Waals surface area contributed by atoms with Gasteiger partial charge in [-0.05, 0) is 55.0 Å². The number of aryl methyl sites for hydroxylation is 2. The first-order chi connectivity index (χ1) is 15.7. The van der Waals surface area contributed by atoms with Crippen LogP contribution in [0.5, 0.6) is 11.5 Å². The number of nitrogens with one attached hydrogen (secondary N) is 1. The van der Waals surface area contributed by atoms with Crippen LogP contribution in [0.4, 0.5) is 0 Å². The highest BCUT2D eigenvalue weighted by Crippen LogP contribution is 2.33. The third-order valence-electron chi connectivity index (χ3n) is 6.46. The number of benzene rings is 1. The molecule has 2 aliphatic rings. The quantitative estimate of drug-likeness (QED) is 0.673. The molecule has 174 valence electrons. The number of nitrogens with zero attached hydrogens (tertiary/aromatic N) is 1. The van der Waals surface area contributed by atoms with Gasteiger partial charge in [0.05, 0.1) is 38.4 Å². The average Bonchev–Trinajstić information content (AvgIpc) is 3.21. The molecule has 1 aliphatic heterocycles. The fraction of sp³-hybridized carbons (Fsp3) is 0.560. The fourth-order valence-electron chi connectivity index (χ4n) is 4.64. The molecule has 4 rings (SSSR count). The van der Waals surface area contributed by atoms with Gasteiger partial charge in [-0.2, -0.15) is 0 Å². The molecule has 1 amide bonds. The molecule has 32 heavy (non-hydrogen) atoms. The van der Waals surface area contributed by atoms with Crippen molar-refractivity contribution in [1.82, 2.24) is 10.2 Å². The van der Waals surface area contributed by atoms with Crippen LogP contribution in [0.15, 0.2) is 24.3 Å². The van der Waals surface area contributed by atoms with Crippen molar-refractivity contribution in [3.8, 4) is 11.5 Å². The first kappa shape index (κ1) is 23.1. The molecule has 0 bridgehead atoms. The van der Waals surface area contributed by atoms with Crippen LogP contribution in [-0.4, -0.2) is 57.9 Å². The first-order valence-electron chi connectivity index (χ1n) is 11.6. The largest absolute Gasteiger partial charge is 0.493 e. The number of hydrogen-bond donors (Lipinski definition) is 1. The Balaban J connectivity index is 1.50. The molecule has 1 aromatic carbocycles. The molecule has 7 heteroatoms. The average molecular weight is 459 g/mol. The molecule has 1 fully saturated rings. The molecule has 6 nitrogen and oxygen atoms in total. The molecule has 1 saturated heterocycles. The summed E-state index contributed by atoms with van der Waals surface area (Å²) in [6.45, 7) is 3.62. The van der Waals surface area contributed by atoms with Crippen molar-refractivity contribution in [2.45, 2.75) is 44.6 Å². The van der Waals surface area contributed by atoms with Gasteiger partial charge in [-0.25, -0.2) is 0 Å². The Bertz CT molecular complexity index is 882. The molecular formula is C25H34N2O4S. The zero-order valence-electron chi connectivity index (χ0n) is 19.2. The smallest absolute Gasteiger partial charge is 0.261 e. The third kappa shape index (κ3) is 5.45. The molecule has 0 unspecified atom stereocenters. The van der Waals surface area contributed by atoms with Crippen LogP contribution in [0.25, 0.3) is 0 Å². The number of amides is 1. The van der Waals surface area contributed by atoms with Crippen molar-refractivity contribution in [3.05, 3.63) is 45.1 Å². The van der Waals surface area contributed by atoms with Gasteiger partial charge in [0, 0.05) is 24.5 Å². The Morgan fingerprint density at radius 2 is 1.81 bits per heavy atom. The monoisotopic (exact) mass is 458 g/mol. The van der Waals surface area contributed by atoms with E-state index >= 15 is 0 Å². The lowest BCUT2D eigenvalue weighted by molar-refractivity contribution is 0.0162. The van der Waals surface area contributed by atoms with E-state index in [-0.39, 0.29) is 11.9 Å². The van der Waals surface area contributed by atoms with Crippen molar-refractivity contribution in [3.63, 3.8) is 0 Å². The zero-order chi connectivity index (χ0) is 22.3. The molecule has 2 aromatic rings. The lowest BCUT2D eigenvalue weighted by Crippen LogP contribution is -2.43. The summed E-state index contributed by atoms with van der Waals surface area (Å²) < 4.78 is 16.5. The number of carbonyl (C=O) groups excluding carboxylic acids is 1. The first-order valence-corrected chi connectivity index (χ1v) is 12.4. The minimum Gasteiger partial charge on any atom is -0.493 e. The van der Waals surface area contributed by atoms with E-state index in [0.29, 0.717) is 31.3 Å². The van der Waals surface area contributed by atoms with E-state index in [1.165, 1.54) is 36.1 Å². The Kier molecular flexibility index (Phi) is 8.05. The maximum atomic E-state index is 13.1. The summed E-state index contributed by atoms with van der Waals surface area (Å²) in [5.74, 6) is 1.44. The van der Waals surface area contributed by atoms with Crippen LogP contribution in [0, 0.1) is 0 Å². The number of ether oxygens (including phenoxy) is 3. The van der Waals surface area contributed by atoms with Gasteiger partial charge in [0.15, 0.2) is 11.5 Å². The SMILES string of the molecule is COc1ccc([C@H](CNC(=O)c2cc3c(s2)CCCCCC3)N2CCOCC2)cc1OC. The normalized spacial score (nSPS) is 18.2. The molecule has 0 saturated carbocycles. The van der Waals surface area contributed by atoms with E-state index in [0.717, 1.165) is 36.4 Å². The van der Waals surface area contributed by atoms with Crippen molar-refractivity contribution < 1.29 is 19.0 Å². The van der Waals surface area contributed by atoms with Crippen LogP contribution in [0.1, 0.15) is 57.4 Å². The summed E-state index contributed by atoms with van der Waals surface area (Å²) in [7, 11) is 3.29. The third-order valence-corrected chi connectivity index (χ3v) is 7.69. The molecule has 1 aromatic heterocycles. The molecule has 0 radical (unpaired) electrons. The second kappa shape index (κ2) is 11.2. The number of morpholine rings is 1. The summed E-state index contributed by atoms with van der Waals surface area (Å²) in [5.41, 5.74) is 2.48. The van der Waals surface area contributed by atoms with E-state index in [1.807, 2.05) is 12.1 Å². The van der Waals surface area contributed by atoms with Crippen LogP contribution < -0.4 is 14.8 Å². The summed E-state index contributed by atoms with van der Waals surface area (Å²) in [6.07, 6.45) is 7.25. The van der Waals surface area contributed by atoms with E-state index in [1.54, 1.807) is 25.6 Å². The summed E-state index contributed by atoms with van der Waals surface area (Å²) in [6, 6.07) is 8.18. The maximum Gasteiger partial charge on any atom is 0.261 e. The van der Waals surface area contributed by atoms with Gasteiger partial charge >= 0.3 is 0 Å². The van der Waals surface area contributed by atoms with Crippen LogP contribution in [-0.2, 0) is 17.6 Å². The second-order valence-corrected chi connectivity index (χ2v) is 9.60. The number of rotatable bonds is 7. The standard InChI is InChI=1S/C25H34N2O4S/c1-29-21-10-9-18(15-22(21)30-2)20(27-11-13-31-14-12-27)17-26-25(28)24-16-19-7-5-3-4-6-8-23(19)32-24/h9-10,15-16,20H,3-8,11-14,17H2,1-2H3,(H,26,28)/t20-/m0/s1. The van der Waals surface area contributed by atoms with Crippen LogP contribution >= 0.6 is 11.3 Å². The molecule has 1 atom stereocenters. The number of hydrogen-bond acceptors (Lipinski definition) is 6. The Morgan fingerprint density at radius 1 is 1.06 bits per heavy atom. The highest BCUT2D eigenvalue weighted by atomic mass is 32.1. The van der Waals surface area contributed by atoms with Crippen molar-refractivity contribution >= 4 is 17.2 Å². The minimum atomic E-state index is 0.0282. The van der Waals surface area contributed by atoms with E-state index in [2.05, 4.69) is 22.3 Å². The molecule has 0 spiro atoms. The topological polar surface area (TPSA) is 60.0 Å². The predicted molar refractivity (Wildman–Crippen MR) is 127 cm³/mol. The number of carbonyl (C=O) groups is 1. The van der Waals surface area contributed by atoms with Gasteiger partial charge in [0.25, 0.3) is 5.91 Å². The highest BCUT2D eigenvalue weighted by Gasteiger charge is 2.25. The molecule has 2 heterocycles. The summed E-state index contributed by atoms with van der Waals surface area (Å²) >= 11 is 1.68. The van der Waals surface area contributed by atoms with Gasteiger partial charge in [-0.3, -0.25) is 9.69 Å². The van der Waals surface area contributed by atoms with Gasteiger partial charge in [-0.15, -0.1) is 11.3 Å².